The highest BCUT2D eigenvalue weighted by atomic mass is 32.1. The highest BCUT2D eigenvalue weighted by Crippen LogP contribution is 2.47. The molecule has 1 saturated carbocycles. The van der Waals surface area contributed by atoms with E-state index in [9.17, 15) is 4.79 Å². The average Bonchev–Trinajstić information content (AvgIpc) is 3.24. The molecule has 6 nitrogen and oxygen atoms in total. The lowest BCUT2D eigenvalue weighted by Gasteiger charge is -2.40. The van der Waals surface area contributed by atoms with E-state index < -0.39 is 0 Å². The van der Waals surface area contributed by atoms with Crippen LogP contribution in [0.15, 0.2) is 30.5 Å². The molecule has 2 N–H and O–H groups in total. The monoisotopic (exact) mass is 359 g/mol. The Morgan fingerprint density at radius 3 is 2.92 bits per heavy atom. The van der Waals surface area contributed by atoms with Crippen molar-refractivity contribution in [3.63, 3.8) is 0 Å². The molecule has 7 heteroatoms. The van der Waals surface area contributed by atoms with Crippen LogP contribution < -0.4 is 20.1 Å². The molecule has 2 aromatic rings. The number of rotatable bonds is 3. The number of carbonyl (C=O) groups excluding carboxylic acids is 1. The molecule has 2 aliphatic rings. The first-order chi connectivity index (χ1) is 12.2. The predicted molar refractivity (Wildman–Crippen MR) is 96.4 cm³/mol. The van der Waals surface area contributed by atoms with Crippen molar-refractivity contribution in [1.82, 2.24) is 10.3 Å². The van der Waals surface area contributed by atoms with Crippen LogP contribution in [0, 0.1) is 0 Å². The van der Waals surface area contributed by atoms with Crippen LogP contribution in [-0.4, -0.2) is 23.7 Å². The number of aromatic nitrogens is 1. The molecule has 2 heterocycles. The minimum Gasteiger partial charge on any atom is -0.487 e. The number of hydrogen-bond acceptors (Lipinski definition) is 5. The van der Waals surface area contributed by atoms with Crippen molar-refractivity contribution in [2.45, 2.75) is 43.7 Å². The third-order valence-electron chi connectivity index (χ3n) is 4.92. The van der Waals surface area contributed by atoms with E-state index in [1.54, 1.807) is 13.3 Å². The average molecular weight is 359 g/mol. The molecule has 4 rings (SSSR count). The molecule has 132 valence electrons. The van der Waals surface area contributed by atoms with Gasteiger partial charge in [-0.3, -0.25) is 5.32 Å². The van der Waals surface area contributed by atoms with E-state index >= 15 is 0 Å². The Labute approximate surface area is 150 Å². The van der Waals surface area contributed by atoms with E-state index in [0.717, 1.165) is 30.6 Å². The van der Waals surface area contributed by atoms with Gasteiger partial charge in [0.1, 0.15) is 11.4 Å². The van der Waals surface area contributed by atoms with Gasteiger partial charge in [0.25, 0.3) is 0 Å². The molecule has 1 aliphatic carbocycles. The predicted octanol–water partition coefficient (Wildman–Crippen LogP) is 4.11. The highest BCUT2D eigenvalue weighted by molar-refractivity contribution is 7.17. The first-order valence-electron chi connectivity index (χ1n) is 8.53. The van der Waals surface area contributed by atoms with E-state index in [1.165, 1.54) is 24.2 Å². The first kappa shape index (κ1) is 16.2. The number of methoxy groups -OCH3 is 1. The van der Waals surface area contributed by atoms with Crippen molar-refractivity contribution in [2.24, 2.45) is 0 Å². The summed E-state index contributed by atoms with van der Waals surface area (Å²) in [5.74, 6) is 0.886. The number of anilines is 1. The number of thiazole rings is 1. The van der Waals surface area contributed by atoms with Gasteiger partial charge in [0.05, 0.1) is 19.3 Å². The van der Waals surface area contributed by atoms with Crippen LogP contribution in [0.2, 0.25) is 0 Å². The van der Waals surface area contributed by atoms with Crippen LogP contribution in [0.5, 0.6) is 10.8 Å². The Hall–Kier alpha value is -2.28. The number of para-hydroxylation sites is 1. The number of urea groups is 1. The van der Waals surface area contributed by atoms with Crippen molar-refractivity contribution in [2.75, 3.05) is 12.4 Å². The molecular formula is C18H21N3O3S. The second-order valence-electron chi connectivity index (χ2n) is 6.57. The molecule has 2 amide bonds. The van der Waals surface area contributed by atoms with Crippen LogP contribution in [0.4, 0.5) is 9.93 Å². The molecule has 1 unspecified atom stereocenters. The van der Waals surface area contributed by atoms with Crippen molar-refractivity contribution < 1.29 is 14.3 Å². The number of amides is 2. The van der Waals surface area contributed by atoms with E-state index in [0.29, 0.717) is 10.2 Å². The molecule has 0 saturated heterocycles. The summed E-state index contributed by atoms with van der Waals surface area (Å²) in [6.07, 6.45) is 6.85. The first-order valence-corrected chi connectivity index (χ1v) is 9.34. The summed E-state index contributed by atoms with van der Waals surface area (Å²) in [6.45, 7) is 0. The minimum absolute atomic E-state index is 0.0649. The van der Waals surface area contributed by atoms with Crippen molar-refractivity contribution in [3.8, 4) is 10.8 Å². The number of ether oxygens (including phenoxy) is 2. The summed E-state index contributed by atoms with van der Waals surface area (Å²) < 4.78 is 11.4. The minimum atomic E-state index is -0.258. The SMILES string of the molecule is COc1cnc(NC(=O)NC2CC3(CCCC3)Oc3ccccc32)s1. The topological polar surface area (TPSA) is 72.5 Å². The van der Waals surface area contributed by atoms with Crippen LogP contribution in [0.3, 0.4) is 0 Å². The molecular weight excluding hydrogens is 338 g/mol. The fourth-order valence-corrected chi connectivity index (χ4v) is 4.40. The summed E-state index contributed by atoms with van der Waals surface area (Å²) in [7, 11) is 1.58. The van der Waals surface area contributed by atoms with Gasteiger partial charge in [-0.05, 0) is 31.7 Å². The van der Waals surface area contributed by atoms with Crippen molar-refractivity contribution in [3.05, 3.63) is 36.0 Å². The zero-order valence-corrected chi connectivity index (χ0v) is 14.9. The number of nitrogens with one attached hydrogen (secondary N) is 2. The zero-order valence-electron chi connectivity index (χ0n) is 14.1. The number of hydrogen-bond donors (Lipinski definition) is 2. The summed E-state index contributed by atoms with van der Waals surface area (Å²) in [5.41, 5.74) is 0.892. The normalized spacial score (nSPS) is 20.6. The van der Waals surface area contributed by atoms with Gasteiger partial charge in [0.15, 0.2) is 10.2 Å². The van der Waals surface area contributed by atoms with Crippen LogP contribution >= 0.6 is 11.3 Å². The van der Waals surface area contributed by atoms with Gasteiger partial charge in [-0.2, -0.15) is 0 Å². The Kier molecular flexibility index (Phi) is 4.25. The summed E-state index contributed by atoms with van der Waals surface area (Å²) in [6, 6.07) is 7.65. The third-order valence-corrected chi connectivity index (χ3v) is 5.80. The Morgan fingerprint density at radius 2 is 2.16 bits per heavy atom. The van der Waals surface area contributed by atoms with E-state index in [4.69, 9.17) is 9.47 Å². The number of nitrogens with zero attached hydrogens (tertiary/aromatic N) is 1. The standard InChI is InChI=1S/C18H21N3O3S/c1-23-15-11-19-17(25-15)21-16(22)20-13-10-18(8-4-5-9-18)24-14-7-3-2-6-12(13)14/h2-3,6-7,11,13H,4-5,8-10H2,1H3,(H2,19,20,21,22). The summed E-state index contributed by atoms with van der Waals surface area (Å²) >= 11 is 1.30. The summed E-state index contributed by atoms with van der Waals surface area (Å²) in [4.78, 5) is 16.6. The van der Waals surface area contributed by atoms with E-state index in [2.05, 4.69) is 15.6 Å². The van der Waals surface area contributed by atoms with Crippen LogP contribution in [0.25, 0.3) is 0 Å². The lowest BCUT2D eigenvalue weighted by molar-refractivity contribution is 0.0388. The van der Waals surface area contributed by atoms with Gasteiger partial charge >= 0.3 is 6.03 Å². The number of fused-ring (bicyclic) bond motifs is 1. The van der Waals surface area contributed by atoms with E-state index in [-0.39, 0.29) is 17.7 Å². The van der Waals surface area contributed by atoms with E-state index in [1.807, 2.05) is 24.3 Å². The lowest BCUT2D eigenvalue weighted by atomic mass is 9.86. The van der Waals surface area contributed by atoms with Crippen LogP contribution in [-0.2, 0) is 0 Å². The molecule has 1 aliphatic heterocycles. The molecule has 1 atom stereocenters. The van der Waals surface area contributed by atoms with Crippen molar-refractivity contribution in [1.29, 1.82) is 0 Å². The lowest BCUT2D eigenvalue weighted by Crippen LogP contribution is -2.44. The number of benzene rings is 1. The van der Waals surface area contributed by atoms with Gasteiger partial charge in [0.2, 0.25) is 0 Å². The van der Waals surface area contributed by atoms with Gasteiger partial charge in [-0.25, -0.2) is 9.78 Å². The maximum Gasteiger partial charge on any atom is 0.321 e. The molecule has 1 spiro atoms. The third kappa shape index (κ3) is 3.28. The Bertz CT molecular complexity index is 770. The highest BCUT2D eigenvalue weighted by Gasteiger charge is 2.43. The summed E-state index contributed by atoms with van der Waals surface area (Å²) in [5, 5.41) is 7.07. The van der Waals surface area contributed by atoms with Gasteiger partial charge in [-0.1, -0.05) is 29.5 Å². The second-order valence-corrected chi connectivity index (χ2v) is 7.57. The van der Waals surface area contributed by atoms with Crippen molar-refractivity contribution >= 4 is 22.5 Å². The molecule has 25 heavy (non-hydrogen) atoms. The van der Waals surface area contributed by atoms with Gasteiger partial charge in [-0.15, -0.1) is 0 Å². The van der Waals surface area contributed by atoms with Crippen LogP contribution in [0.1, 0.15) is 43.7 Å². The molecule has 1 fully saturated rings. The maximum atomic E-state index is 12.5. The smallest absolute Gasteiger partial charge is 0.321 e. The molecule has 1 aromatic heterocycles. The Balaban J connectivity index is 1.51. The number of carbonyl (C=O) groups is 1. The maximum absolute atomic E-state index is 12.5. The van der Waals surface area contributed by atoms with Gasteiger partial charge < -0.3 is 14.8 Å². The quantitative estimate of drug-likeness (QED) is 0.865. The Morgan fingerprint density at radius 1 is 1.36 bits per heavy atom. The molecule has 1 aromatic carbocycles. The zero-order chi connectivity index (χ0) is 17.3. The molecule has 0 bridgehead atoms. The largest absolute Gasteiger partial charge is 0.487 e. The fourth-order valence-electron chi connectivity index (χ4n) is 3.78. The fraction of sp³-hybridized carbons (Fsp3) is 0.444. The molecule has 0 radical (unpaired) electrons. The second kappa shape index (κ2) is 6.55. The van der Waals surface area contributed by atoms with Gasteiger partial charge in [0, 0.05) is 12.0 Å².